The average Bonchev–Trinajstić information content (AvgIpc) is 2.64. The molecule has 154 valence electrons. The van der Waals surface area contributed by atoms with Gasteiger partial charge in [0.25, 0.3) is 10.1 Å². The van der Waals surface area contributed by atoms with Gasteiger partial charge in [-0.15, -0.1) is 9.32 Å². The first-order valence-electron chi connectivity index (χ1n) is 7.43. The number of aromatic hydroxyl groups is 1. The van der Waals surface area contributed by atoms with Crippen molar-refractivity contribution in [1.82, 2.24) is 15.0 Å². The van der Waals surface area contributed by atoms with Crippen LogP contribution in [0.5, 0.6) is 11.8 Å². The number of hydrogen-bond acceptors (Lipinski definition) is 12. The van der Waals surface area contributed by atoms with Gasteiger partial charge in [0, 0.05) is 16.3 Å². The number of aromatic amines is 1. The third-order valence-corrected chi connectivity index (χ3v) is 4.89. The van der Waals surface area contributed by atoms with Gasteiger partial charge in [0.2, 0.25) is 5.95 Å². The molecule has 0 amide bonds. The molecule has 0 radical (unpaired) electrons. The Labute approximate surface area is 166 Å². The van der Waals surface area contributed by atoms with Crippen molar-refractivity contribution >= 4 is 44.6 Å². The molecule has 0 aliphatic heterocycles. The average molecular weight is 444 g/mol. The summed E-state index contributed by atoms with van der Waals surface area (Å²) < 4.78 is 41.3. The molecule has 3 aromatic rings. The standard InChI is InChI=1S/C14H12N4O9S2/c1-25-14-17-12(16-13(20)18-14)15-9-4-7(28-27-26-21)2-6-3-8(29(22,23)24)5-10(19)11(6)9/h2-5,19,21H,1H3,(H,22,23,24)(H2,15,16,17,18,20). The second-order valence-corrected chi connectivity index (χ2v) is 7.52. The maximum absolute atomic E-state index is 11.6. The van der Waals surface area contributed by atoms with Crippen LogP contribution in [-0.4, -0.2) is 45.4 Å². The van der Waals surface area contributed by atoms with Crippen LogP contribution in [-0.2, 0) is 19.5 Å². The molecular formula is C14H12N4O9S2. The van der Waals surface area contributed by atoms with Crippen molar-refractivity contribution in [3.63, 3.8) is 0 Å². The van der Waals surface area contributed by atoms with E-state index in [1.54, 1.807) is 0 Å². The SMILES string of the molecule is COc1nc(Nc2cc(SOOO)cc3cc(S(=O)(=O)O)cc(O)c23)[nH]c(=O)n1. The zero-order valence-electron chi connectivity index (χ0n) is 14.3. The van der Waals surface area contributed by atoms with Gasteiger partial charge in [0.15, 0.2) is 0 Å². The highest BCUT2D eigenvalue weighted by Gasteiger charge is 2.17. The minimum atomic E-state index is -4.60. The van der Waals surface area contributed by atoms with E-state index in [0.717, 1.165) is 12.1 Å². The maximum Gasteiger partial charge on any atom is 0.352 e. The van der Waals surface area contributed by atoms with Gasteiger partial charge < -0.3 is 15.2 Å². The fraction of sp³-hybridized carbons (Fsp3) is 0.0714. The molecule has 0 fully saturated rings. The zero-order chi connectivity index (χ0) is 21.2. The highest BCUT2D eigenvalue weighted by molar-refractivity contribution is 7.94. The van der Waals surface area contributed by atoms with Crippen molar-refractivity contribution in [3.8, 4) is 11.8 Å². The second kappa shape index (κ2) is 8.19. The predicted octanol–water partition coefficient (Wildman–Crippen LogP) is 1.45. The number of H-pyrrole nitrogens is 1. The summed E-state index contributed by atoms with van der Waals surface area (Å²) in [6.07, 6.45) is 0. The fourth-order valence-corrected chi connectivity index (χ4v) is 3.42. The summed E-state index contributed by atoms with van der Waals surface area (Å²) in [4.78, 5) is 21.1. The number of anilines is 2. The normalized spacial score (nSPS) is 11.6. The van der Waals surface area contributed by atoms with E-state index in [9.17, 15) is 22.9 Å². The molecule has 0 saturated heterocycles. The third kappa shape index (κ3) is 4.73. The summed E-state index contributed by atoms with van der Waals surface area (Å²) in [7, 11) is -3.34. The molecule has 5 N–H and O–H groups in total. The van der Waals surface area contributed by atoms with Crippen molar-refractivity contribution in [2.24, 2.45) is 0 Å². The van der Waals surface area contributed by atoms with Crippen LogP contribution < -0.4 is 15.7 Å². The van der Waals surface area contributed by atoms with E-state index in [1.807, 2.05) is 0 Å². The fourth-order valence-electron chi connectivity index (χ4n) is 2.43. The number of benzene rings is 2. The monoisotopic (exact) mass is 444 g/mol. The second-order valence-electron chi connectivity index (χ2n) is 5.33. The molecular weight excluding hydrogens is 432 g/mol. The Hall–Kier alpha value is -2.95. The lowest BCUT2D eigenvalue weighted by molar-refractivity contribution is -0.432. The molecule has 0 atom stereocenters. The van der Waals surface area contributed by atoms with Gasteiger partial charge in [-0.3, -0.25) is 9.54 Å². The highest BCUT2D eigenvalue weighted by Crippen LogP contribution is 2.38. The summed E-state index contributed by atoms with van der Waals surface area (Å²) in [5.41, 5.74) is -0.605. The van der Waals surface area contributed by atoms with Gasteiger partial charge >= 0.3 is 11.7 Å². The number of hydrogen-bond donors (Lipinski definition) is 5. The minimum absolute atomic E-state index is 0.0946. The number of nitrogens with one attached hydrogen (secondary N) is 2. The van der Waals surface area contributed by atoms with E-state index < -0.39 is 26.5 Å². The number of nitrogens with zero attached hydrogens (tertiary/aromatic N) is 2. The van der Waals surface area contributed by atoms with Crippen LogP contribution in [0.3, 0.4) is 0 Å². The van der Waals surface area contributed by atoms with Gasteiger partial charge in [-0.05, 0) is 23.6 Å². The van der Waals surface area contributed by atoms with Crippen molar-refractivity contribution in [2.75, 3.05) is 12.4 Å². The molecule has 3 rings (SSSR count). The van der Waals surface area contributed by atoms with Crippen molar-refractivity contribution < 1.29 is 37.4 Å². The Morgan fingerprint density at radius 1 is 1.21 bits per heavy atom. The first-order chi connectivity index (χ1) is 13.7. The van der Waals surface area contributed by atoms with Crippen molar-refractivity contribution in [2.45, 2.75) is 9.79 Å². The largest absolute Gasteiger partial charge is 0.507 e. The Morgan fingerprint density at radius 2 is 1.97 bits per heavy atom. The number of fused-ring (bicyclic) bond motifs is 1. The van der Waals surface area contributed by atoms with E-state index >= 15 is 0 Å². The van der Waals surface area contributed by atoms with Crippen LogP contribution >= 0.6 is 12.0 Å². The van der Waals surface area contributed by atoms with Crippen LogP contribution in [0.25, 0.3) is 10.8 Å². The Bertz CT molecular complexity index is 1230. The summed E-state index contributed by atoms with van der Waals surface area (Å²) in [5, 5.41) is 25.3. The lowest BCUT2D eigenvalue weighted by Crippen LogP contribution is -2.15. The summed E-state index contributed by atoms with van der Waals surface area (Å²) in [6, 6.07) is 4.55. The van der Waals surface area contributed by atoms with E-state index in [4.69, 9.17) is 9.99 Å². The molecule has 1 heterocycles. The molecule has 0 aliphatic carbocycles. The maximum atomic E-state index is 11.6. The summed E-state index contributed by atoms with van der Waals surface area (Å²) in [5.74, 6) is -0.584. The third-order valence-electron chi connectivity index (χ3n) is 3.50. The first kappa shape index (κ1) is 20.8. The van der Waals surface area contributed by atoms with E-state index in [1.165, 1.54) is 19.2 Å². The van der Waals surface area contributed by atoms with Crippen molar-refractivity contribution in [1.29, 1.82) is 0 Å². The van der Waals surface area contributed by atoms with E-state index in [2.05, 4.69) is 29.6 Å². The van der Waals surface area contributed by atoms with Crippen LogP contribution in [0.1, 0.15) is 0 Å². The molecule has 0 bridgehead atoms. The summed E-state index contributed by atoms with van der Waals surface area (Å²) in [6.45, 7) is 0. The quantitative estimate of drug-likeness (QED) is 0.152. The number of phenolic OH excluding ortho intramolecular Hbond substituents is 1. The number of phenols is 1. The molecule has 15 heteroatoms. The first-order valence-corrected chi connectivity index (χ1v) is 9.62. The molecule has 0 unspecified atom stereocenters. The molecule has 2 aromatic carbocycles. The lowest BCUT2D eigenvalue weighted by Gasteiger charge is -2.13. The molecule has 0 spiro atoms. The van der Waals surface area contributed by atoms with E-state index in [0.29, 0.717) is 12.0 Å². The predicted molar refractivity (Wildman–Crippen MR) is 98.6 cm³/mol. The Balaban J connectivity index is 2.21. The van der Waals surface area contributed by atoms with Crippen LogP contribution in [0.2, 0.25) is 0 Å². The molecule has 1 aromatic heterocycles. The van der Waals surface area contributed by atoms with Crippen LogP contribution in [0.4, 0.5) is 11.6 Å². The molecule has 13 nitrogen and oxygen atoms in total. The molecule has 0 saturated carbocycles. The number of ether oxygens (including phenoxy) is 1. The van der Waals surface area contributed by atoms with Crippen molar-refractivity contribution in [3.05, 3.63) is 34.7 Å². The molecule has 0 aliphatic rings. The number of rotatable bonds is 7. The number of methoxy groups -OCH3 is 1. The zero-order valence-corrected chi connectivity index (χ0v) is 15.9. The van der Waals surface area contributed by atoms with E-state index in [-0.39, 0.29) is 33.3 Å². The summed E-state index contributed by atoms with van der Waals surface area (Å²) >= 11 is 0.555. The Morgan fingerprint density at radius 3 is 2.62 bits per heavy atom. The highest BCUT2D eigenvalue weighted by atomic mass is 32.2. The van der Waals surface area contributed by atoms with Gasteiger partial charge in [-0.25, -0.2) is 10.1 Å². The lowest BCUT2D eigenvalue weighted by atomic mass is 10.1. The topological polar surface area (TPSA) is 193 Å². The minimum Gasteiger partial charge on any atom is -0.507 e. The number of aromatic nitrogens is 3. The van der Waals surface area contributed by atoms with Gasteiger partial charge in [-0.2, -0.15) is 13.4 Å². The van der Waals surface area contributed by atoms with Gasteiger partial charge in [0.05, 0.1) is 29.7 Å². The van der Waals surface area contributed by atoms with Crippen LogP contribution in [0, 0.1) is 0 Å². The van der Waals surface area contributed by atoms with Crippen LogP contribution in [0.15, 0.2) is 38.9 Å². The van der Waals surface area contributed by atoms with Gasteiger partial charge in [0.1, 0.15) is 5.75 Å². The Kier molecular flexibility index (Phi) is 5.87. The molecule has 29 heavy (non-hydrogen) atoms. The smallest absolute Gasteiger partial charge is 0.352 e. The van der Waals surface area contributed by atoms with Gasteiger partial charge in [-0.1, -0.05) is 5.04 Å².